The van der Waals surface area contributed by atoms with Crippen molar-refractivity contribution in [2.75, 3.05) is 0 Å². The van der Waals surface area contributed by atoms with E-state index in [1.54, 1.807) is 0 Å². The van der Waals surface area contributed by atoms with Crippen LogP contribution in [0.3, 0.4) is 0 Å². The second-order valence-corrected chi connectivity index (χ2v) is 5.82. The molecule has 102 valence electrons. The Hall–Kier alpha value is -1.73. The van der Waals surface area contributed by atoms with Crippen LogP contribution in [0.2, 0.25) is 0 Å². The van der Waals surface area contributed by atoms with Crippen molar-refractivity contribution in [1.82, 2.24) is 0 Å². The Morgan fingerprint density at radius 2 is 1.74 bits per heavy atom. The van der Waals surface area contributed by atoms with Crippen LogP contribution in [0.1, 0.15) is 11.9 Å². The van der Waals surface area contributed by atoms with E-state index in [1.807, 2.05) is 0 Å². The van der Waals surface area contributed by atoms with Gasteiger partial charge in [0.05, 0.1) is 11.2 Å². The molecule has 2 aromatic rings. The first-order chi connectivity index (χ1) is 8.87. The zero-order chi connectivity index (χ0) is 14.1. The fourth-order valence-electron chi connectivity index (χ4n) is 1.52. The number of hydrogen-bond acceptors (Lipinski definition) is 4. The molecule has 0 aliphatic rings. The number of aliphatic hydroxyl groups excluding tert-OH is 1. The van der Waals surface area contributed by atoms with Crippen molar-refractivity contribution < 1.29 is 26.7 Å². The SMILES string of the molecule is O=S(=O)(c1ccccc1)C(F)(F)[C@H](O)c1ccco1. The molecule has 4 nitrogen and oxygen atoms in total. The smallest absolute Gasteiger partial charge is 0.382 e. The maximum Gasteiger partial charge on any atom is 0.382 e. The first-order valence-electron chi connectivity index (χ1n) is 5.26. The lowest BCUT2D eigenvalue weighted by atomic mass is 10.3. The zero-order valence-electron chi connectivity index (χ0n) is 9.53. The molecule has 1 heterocycles. The fraction of sp³-hybridized carbons (Fsp3) is 0.167. The topological polar surface area (TPSA) is 67.5 Å². The predicted molar refractivity (Wildman–Crippen MR) is 62.2 cm³/mol. The molecule has 0 saturated heterocycles. The molecule has 0 bridgehead atoms. The monoisotopic (exact) mass is 288 g/mol. The number of rotatable bonds is 4. The van der Waals surface area contributed by atoms with E-state index in [2.05, 4.69) is 4.42 Å². The van der Waals surface area contributed by atoms with Crippen LogP contribution in [0.15, 0.2) is 58.0 Å². The largest absolute Gasteiger partial charge is 0.466 e. The molecule has 0 amide bonds. The maximum absolute atomic E-state index is 13.9. The van der Waals surface area contributed by atoms with Gasteiger partial charge in [-0.1, -0.05) is 18.2 Å². The average Bonchev–Trinajstić information content (AvgIpc) is 2.92. The highest BCUT2D eigenvalue weighted by Crippen LogP contribution is 2.39. The molecule has 0 saturated carbocycles. The number of furan rings is 1. The van der Waals surface area contributed by atoms with Gasteiger partial charge in [-0.25, -0.2) is 8.42 Å². The van der Waals surface area contributed by atoms with E-state index in [0.29, 0.717) is 0 Å². The Bertz CT molecular complexity index is 636. The molecule has 1 aromatic carbocycles. The molecule has 19 heavy (non-hydrogen) atoms. The fourth-order valence-corrected chi connectivity index (χ4v) is 2.76. The first kappa shape index (κ1) is 13.7. The molecule has 0 aliphatic carbocycles. The Morgan fingerprint density at radius 1 is 1.11 bits per heavy atom. The summed E-state index contributed by atoms with van der Waals surface area (Å²) in [7, 11) is -5.01. The second kappa shape index (κ2) is 4.75. The minimum absolute atomic E-state index is 0.510. The maximum atomic E-state index is 13.9. The Labute approximate surface area is 108 Å². The molecule has 7 heteroatoms. The van der Waals surface area contributed by atoms with Crippen LogP contribution in [-0.2, 0) is 9.84 Å². The van der Waals surface area contributed by atoms with Gasteiger partial charge in [-0.05, 0) is 24.3 Å². The molecule has 2 rings (SSSR count). The third kappa shape index (κ3) is 2.26. The molecule has 1 atom stereocenters. The minimum Gasteiger partial charge on any atom is -0.466 e. The van der Waals surface area contributed by atoms with Crippen LogP contribution in [0.25, 0.3) is 0 Å². The van der Waals surface area contributed by atoms with E-state index < -0.39 is 31.9 Å². The molecule has 0 fully saturated rings. The van der Waals surface area contributed by atoms with Crippen LogP contribution in [-0.4, -0.2) is 18.8 Å². The van der Waals surface area contributed by atoms with Gasteiger partial charge in [-0.3, -0.25) is 0 Å². The summed E-state index contributed by atoms with van der Waals surface area (Å²) >= 11 is 0. The lowest BCUT2D eigenvalue weighted by Gasteiger charge is -2.21. The average molecular weight is 288 g/mol. The van der Waals surface area contributed by atoms with E-state index >= 15 is 0 Å². The van der Waals surface area contributed by atoms with Gasteiger partial charge in [0.2, 0.25) is 9.84 Å². The third-order valence-corrected chi connectivity index (χ3v) is 4.38. The van der Waals surface area contributed by atoms with Crippen molar-refractivity contribution >= 4 is 9.84 Å². The lowest BCUT2D eigenvalue weighted by Crippen LogP contribution is -2.35. The molecular weight excluding hydrogens is 278 g/mol. The van der Waals surface area contributed by atoms with Crippen molar-refractivity contribution in [3.05, 3.63) is 54.5 Å². The van der Waals surface area contributed by atoms with Gasteiger partial charge in [0.15, 0.2) is 6.10 Å². The number of sulfone groups is 1. The van der Waals surface area contributed by atoms with Gasteiger partial charge in [0.1, 0.15) is 5.76 Å². The first-order valence-corrected chi connectivity index (χ1v) is 6.74. The summed E-state index contributed by atoms with van der Waals surface area (Å²) in [6, 6.07) is 8.59. The van der Waals surface area contributed by atoms with Crippen molar-refractivity contribution in [3.63, 3.8) is 0 Å². The highest BCUT2D eigenvalue weighted by atomic mass is 32.2. The number of benzene rings is 1. The van der Waals surface area contributed by atoms with Crippen molar-refractivity contribution in [2.45, 2.75) is 16.3 Å². The van der Waals surface area contributed by atoms with Crippen molar-refractivity contribution in [1.29, 1.82) is 0 Å². The van der Waals surface area contributed by atoms with Crippen molar-refractivity contribution in [2.24, 2.45) is 0 Å². The van der Waals surface area contributed by atoms with Gasteiger partial charge in [0, 0.05) is 0 Å². The number of alkyl halides is 2. The van der Waals surface area contributed by atoms with Crippen LogP contribution in [0.4, 0.5) is 8.78 Å². The van der Waals surface area contributed by atoms with E-state index in [4.69, 9.17) is 0 Å². The molecule has 0 aliphatic heterocycles. The molecule has 1 N–H and O–H groups in total. The summed E-state index contributed by atoms with van der Waals surface area (Å²) in [5.74, 6) is -0.510. The standard InChI is InChI=1S/C12H10F2O4S/c13-12(14,11(15)10-7-4-8-18-10)19(16,17)9-5-2-1-3-6-9/h1-8,11,15H/t11-/m1/s1. The van der Waals surface area contributed by atoms with Gasteiger partial charge in [-0.2, -0.15) is 8.78 Å². The van der Waals surface area contributed by atoms with E-state index in [0.717, 1.165) is 24.5 Å². The molecule has 0 radical (unpaired) electrons. The van der Waals surface area contributed by atoms with Crippen LogP contribution in [0.5, 0.6) is 0 Å². The number of aliphatic hydroxyl groups is 1. The Balaban J connectivity index is 2.44. The van der Waals surface area contributed by atoms with Crippen LogP contribution in [0, 0.1) is 0 Å². The van der Waals surface area contributed by atoms with E-state index in [9.17, 15) is 22.3 Å². The molecule has 0 spiro atoms. The summed E-state index contributed by atoms with van der Waals surface area (Å²) in [6.07, 6.45) is -1.49. The Kier molecular flexibility index (Phi) is 3.42. The summed E-state index contributed by atoms with van der Waals surface area (Å²) in [6.45, 7) is 0. The van der Waals surface area contributed by atoms with Gasteiger partial charge < -0.3 is 9.52 Å². The summed E-state index contributed by atoms with van der Waals surface area (Å²) in [5, 5.41) is 5.13. The molecule has 0 unspecified atom stereocenters. The quantitative estimate of drug-likeness (QED) is 0.938. The van der Waals surface area contributed by atoms with Crippen molar-refractivity contribution in [3.8, 4) is 0 Å². The van der Waals surface area contributed by atoms with E-state index in [-0.39, 0.29) is 0 Å². The Morgan fingerprint density at radius 3 is 2.26 bits per heavy atom. The normalized spacial score (nSPS) is 14.3. The molecule has 1 aromatic heterocycles. The van der Waals surface area contributed by atoms with Crippen LogP contribution >= 0.6 is 0 Å². The predicted octanol–water partition coefficient (Wildman–Crippen LogP) is 2.38. The minimum atomic E-state index is -5.01. The third-order valence-electron chi connectivity index (χ3n) is 2.54. The van der Waals surface area contributed by atoms with Gasteiger partial charge in [-0.15, -0.1) is 0 Å². The van der Waals surface area contributed by atoms with E-state index in [1.165, 1.54) is 24.3 Å². The molecular formula is C12H10F2O4S. The van der Waals surface area contributed by atoms with Gasteiger partial charge in [0.25, 0.3) is 0 Å². The summed E-state index contributed by atoms with van der Waals surface area (Å²) in [4.78, 5) is -0.564. The zero-order valence-corrected chi connectivity index (χ0v) is 10.3. The van der Waals surface area contributed by atoms with Crippen LogP contribution < -0.4 is 0 Å². The number of hydrogen-bond donors (Lipinski definition) is 1. The summed E-state index contributed by atoms with van der Waals surface area (Å²) in [5.41, 5.74) is 0. The highest BCUT2D eigenvalue weighted by Gasteiger charge is 2.54. The highest BCUT2D eigenvalue weighted by molar-refractivity contribution is 7.92. The second-order valence-electron chi connectivity index (χ2n) is 3.80. The summed E-state index contributed by atoms with van der Waals surface area (Å²) < 4.78 is 56.2. The number of halogens is 2. The lowest BCUT2D eigenvalue weighted by molar-refractivity contribution is -0.0535. The van der Waals surface area contributed by atoms with Gasteiger partial charge >= 0.3 is 5.25 Å².